The maximum Gasteiger partial charge on any atom is 0.0713 e. The Morgan fingerprint density at radius 2 is 1.83 bits per heavy atom. The van der Waals surface area contributed by atoms with Gasteiger partial charge in [-0.1, -0.05) is 58.4 Å². The molecule has 0 aromatic heterocycles. The van der Waals surface area contributed by atoms with Gasteiger partial charge in [-0.3, -0.25) is 0 Å². The van der Waals surface area contributed by atoms with E-state index in [1.54, 1.807) is 0 Å². The van der Waals surface area contributed by atoms with Crippen LogP contribution in [0.2, 0.25) is 0 Å². The lowest BCUT2D eigenvalue weighted by Gasteiger charge is -2.28. The van der Waals surface area contributed by atoms with Gasteiger partial charge in [-0.15, -0.1) is 0 Å². The first kappa shape index (κ1) is 13.6. The molecule has 1 aromatic carbocycles. The molecule has 1 aromatic rings. The van der Waals surface area contributed by atoms with Crippen LogP contribution in [0.15, 0.2) is 24.3 Å². The monoisotopic (exact) mass is 246 g/mol. The van der Waals surface area contributed by atoms with Crippen LogP contribution in [0.4, 0.5) is 0 Å². The Kier molecular flexibility index (Phi) is 3.55. The summed E-state index contributed by atoms with van der Waals surface area (Å²) in [5.74, 6) is 0.430. The van der Waals surface area contributed by atoms with Crippen molar-refractivity contribution < 1.29 is 5.11 Å². The topological polar surface area (TPSA) is 20.2 Å². The lowest BCUT2D eigenvalue weighted by atomic mass is 9.83. The summed E-state index contributed by atoms with van der Waals surface area (Å²) in [7, 11) is 0. The highest BCUT2D eigenvalue weighted by molar-refractivity contribution is 5.28. The second-order valence-electron chi connectivity index (χ2n) is 7.02. The van der Waals surface area contributed by atoms with Crippen LogP contribution in [0.5, 0.6) is 0 Å². The highest BCUT2D eigenvalue weighted by Gasteiger charge is 2.37. The van der Waals surface area contributed by atoms with Gasteiger partial charge >= 0.3 is 0 Å². The Labute approximate surface area is 111 Å². The van der Waals surface area contributed by atoms with Crippen LogP contribution < -0.4 is 0 Å². The maximum atomic E-state index is 10.6. The van der Waals surface area contributed by atoms with E-state index in [9.17, 15) is 5.11 Å². The molecule has 0 spiro atoms. The minimum atomic E-state index is -0.469. The average Bonchev–Trinajstić information content (AvgIpc) is 2.58. The van der Waals surface area contributed by atoms with Gasteiger partial charge in [-0.25, -0.2) is 0 Å². The van der Waals surface area contributed by atoms with Crippen molar-refractivity contribution in [2.24, 2.45) is 5.92 Å². The number of benzene rings is 1. The Bertz CT molecular complexity index is 399. The third-order valence-corrected chi connectivity index (χ3v) is 4.49. The lowest BCUT2D eigenvalue weighted by molar-refractivity contribution is 0.00959. The molecular formula is C17H26O. The van der Waals surface area contributed by atoms with E-state index in [2.05, 4.69) is 52.0 Å². The number of hydrogen-bond acceptors (Lipinski definition) is 1. The molecule has 2 unspecified atom stereocenters. The van der Waals surface area contributed by atoms with Crippen LogP contribution in [-0.2, 0) is 11.8 Å². The fraction of sp³-hybridized carbons (Fsp3) is 0.647. The molecule has 1 aliphatic rings. The van der Waals surface area contributed by atoms with E-state index in [0.29, 0.717) is 5.92 Å². The number of rotatable bonds is 2. The molecule has 1 heteroatoms. The first-order valence-corrected chi connectivity index (χ1v) is 7.13. The van der Waals surface area contributed by atoms with E-state index in [4.69, 9.17) is 0 Å². The average molecular weight is 246 g/mol. The summed E-state index contributed by atoms with van der Waals surface area (Å²) in [6.07, 6.45) is 4.09. The zero-order valence-corrected chi connectivity index (χ0v) is 12.2. The van der Waals surface area contributed by atoms with Gasteiger partial charge in [0.25, 0.3) is 0 Å². The standard InChI is InChI=1S/C17H26O/c1-13-6-5-11-17(13,18)12-14-7-9-15(10-8-14)16(2,3)4/h7-10,13,18H,5-6,11-12H2,1-4H3. The summed E-state index contributed by atoms with van der Waals surface area (Å²) in [5.41, 5.74) is 2.36. The fourth-order valence-electron chi connectivity index (χ4n) is 2.97. The quantitative estimate of drug-likeness (QED) is 0.833. The normalized spacial score (nSPS) is 28.6. The van der Waals surface area contributed by atoms with Crippen LogP contribution in [-0.4, -0.2) is 10.7 Å². The van der Waals surface area contributed by atoms with Gasteiger partial charge in [0.1, 0.15) is 0 Å². The van der Waals surface area contributed by atoms with Crippen molar-refractivity contribution in [3.63, 3.8) is 0 Å². The highest BCUT2D eigenvalue weighted by atomic mass is 16.3. The molecule has 0 aliphatic heterocycles. The third-order valence-electron chi connectivity index (χ3n) is 4.49. The van der Waals surface area contributed by atoms with Crippen molar-refractivity contribution in [1.82, 2.24) is 0 Å². The molecule has 1 N–H and O–H groups in total. The Morgan fingerprint density at radius 3 is 2.28 bits per heavy atom. The Hall–Kier alpha value is -0.820. The van der Waals surface area contributed by atoms with Crippen molar-refractivity contribution in [3.05, 3.63) is 35.4 Å². The zero-order chi connectivity index (χ0) is 13.4. The van der Waals surface area contributed by atoms with Gasteiger partial charge < -0.3 is 5.11 Å². The summed E-state index contributed by atoms with van der Waals surface area (Å²) < 4.78 is 0. The summed E-state index contributed by atoms with van der Waals surface area (Å²) in [4.78, 5) is 0. The summed E-state index contributed by atoms with van der Waals surface area (Å²) in [6.45, 7) is 8.87. The van der Waals surface area contributed by atoms with Gasteiger partial charge in [0.15, 0.2) is 0 Å². The molecule has 1 saturated carbocycles. The smallest absolute Gasteiger partial charge is 0.0713 e. The van der Waals surface area contributed by atoms with E-state index in [0.717, 1.165) is 25.7 Å². The summed E-state index contributed by atoms with van der Waals surface area (Å²) in [6, 6.07) is 8.78. The maximum absolute atomic E-state index is 10.6. The van der Waals surface area contributed by atoms with Crippen LogP contribution in [0, 0.1) is 5.92 Å². The van der Waals surface area contributed by atoms with Gasteiger partial charge in [-0.2, -0.15) is 0 Å². The first-order valence-electron chi connectivity index (χ1n) is 7.13. The molecule has 0 amide bonds. The van der Waals surface area contributed by atoms with Crippen molar-refractivity contribution in [3.8, 4) is 0 Å². The van der Waals surface area contributed by atoms with Crippen molar-refractivity contribution in [1.29, 1.82) is 0 Å². The molecule has 0 radical (unpaired) electrons. The van der Waals surface area contributed by atoms with Crippen LogP contribution in [0.25, 0.3) is 0 Å². The molecule has 2 atom stereocenters. The molecule has 1 nitrogen and oxygen atoms in total. The minimum Gasteiger partial charge on any atom is -0.389 e. The Morgan fingerprint density at radius 1 is 1.22 bits per heavy atom. The van der Waals surface area contributed by atoms with Gasteiger partial charge in [-0.05, 0) is 35.3 Å². The molecule has 0 bridgehead atoms. The van der Waals surface area contributed by atoms with Crippen LogP contribution in [0.3, 0.4) is 0 Å². The van der Waals surface area contributed by atoms with Gasteiger partial charge in [0, 0.05) is 6.42 Å². The van der Waals surface area contributed by atoms with Crippen LogP contribution in [0.1, 0.15) is 58.1 Å². The van der Waals surface area contributed by atoms with Gasteiger partial charge in [0.2, 0.25) is 0 Å². The van der Waals surface area contributed by atoms with E-state index in [1.807, 2.05) is 0 Å². The van der Waals surface area contributed by atoms with Crippen molar-refractivity contribution >= 4 is 0 Å². The largest absolute Gasteiger partial charge is 0.389 e. The second kappa shape index (κ2) is 4.70. The first-order chi connectivity index (χ1) is 8.31. The second-order valence-corrected chi connectivity index (χ2v) is 7.02. The SMILES string of the molecule is CC1CCCC1(O)Cc1ccc(C(C)(C)C)cc1. The minimum absolute atomic E-state index is 0.204. The molecular weight excluding hydrogens is 220 g/mol. The number of aliphatic hydroxyl groups is 1. The lowest BCUT2D eigenvalue weighted by Crippen LogP contribution is -2.34. The van der Waals surface area contributed by atoms with E-state index in [-0.39, 0.29) is 5.41 Å². The zero-order valence-electron chi connectivity index (χ0n) is 12.2. The Balaban J connectivity index is 2.11. The number of hydrogen-bond donors (Lipinski definition) is 1. The fourth-order valence-corrected chi connectivity index (χ4v) is 2.97. The van der Waals surface area contributed by atoms with Gasteiger partial charge in [0.05, 0.1) is 5.60 Å². The molecule has 0 saturated heterocycles. The van der Waals surface area contributed by atoms with Crippen molar-refractivity contribution in [2.45, 2.75) is 64.4 Å². The van der Waals surface area contributed by atoms with Crippen LogP contribution >= 0.6 is 0 Å². The van der Waals surface area contributed by atoms with E-state index < -0.39 is 5.60 Å². The molecule has 1 fully saturated rings. The third kappa shape index (κ3) is 2.77. The van der Waals surface area contributed by atoms with E-state index in [1.165, 1.54) is 11.1 Å². The molecule has 18 heavy (non-hydrogen) atoms. The highest BCUT2D eigenvalue weighted by Crippen LogP contribution is 2.38. The van der Waals surface area contributed by atoms with Crippen molar-refractivity contribution in [2.75, 3.05) is 0 Å². The molecule has 100 valence electrons. The molecule has 1 aliphatic carbocycles. The predicted octanol–water partition coefficient (Wildman–Crippen LogP) is 4.08. The predicted molar refractivity (Wildman–Crippen MR) is 76.8 cm³/mol. The summed E-state index contributed by atoms with van der Waals surface area (Å²) in [5, 5.41) is 10.6. The summed E-state index contributed by atoms with van der Waals surface area (Å²) >= 11 is 0. The van der Waals surface area contributed by atoms with E-state index >= 15 is 0 Å². The molecule has 0 heterocycles. The molecule has 2 rings (SSSR count).